The van der Waals surface area contributed by atoms with Crippen molar-refractivity contribution in [2.24, 2.45) is 0 Å². The minimum Gasteiger partial charge on any atom is -0.884 e. The Morgan fingerprint density at radius 3 is 1.93 bits per heavy atom. The topological polar surface area (TPSA) is 170 Å². The summed E-state index contributed by atoms with van der Waals surface area (Å²) in [6.07, 6.45) is 2.14. The van der Waals surface area contributed by atoms with Crippen molar-refractivity contribution in [3.63, 3.8) is 0 Å². The maximum Gasteiger partial charge on any atom is 1.00 e. The van der Waals surface area contributed by atoms with Gasteiger partial charge in [0, 0.05) is 41.0 Å². The molecule has 0 bridgehead atoms. The van der Waals surface area contributed by atoms with Crippen molar-refractivity contribution < 1.29 is 132 Å². The first-order chi connectivity index (χ1) is 11.4. The SMILES string of the molecule is C.CCC#N.O=PB([O-])[O-].[B]P([O-])OCCCC#N.[C-]#[N+]CCC[O-].[K+].[K+]. The molecule has 0 aliphatic carbocycles. The Bertz CT molecular complexity index is 384. The van der Waals surface area contributed by atoms with Crippen molar-refractivity contribution in [1.82, 2.24) is 0 Å². The summed E-state index contributed by atoms with van der Waals surface area (Å²) in [6, 6.07) is 3.86. The molecule has 0 aromatic carbocycles. The summed E-state index contributed by atoms with van der Waals surface area (Å²) in [7, 11) is 1.94. The fraction of sp³-hybridized carbons (Fsp3) is 0.750. The summed E-state index contributed by atoms with van der Waals surface area (Å²) in [5.74, 6) is 0. The first kappa shape index (κ1) is 47.1. The Balaban J connectivity index is -0.0000000398. The van der Waals surface area contributed by atoms with Crippen LogP contribution in [0.3, 0.4) is 0 Å². The van der Waals surface area contributed by atoms with Crippen LogP contribution in [0.1, 0.15) is 40.0 Å². The summed E-state index contributed by atoms with van der Waals surface area (Å²) in [5.41, 5.74) is 0. The van der Waals surface area contributed by atoms with E-state index in [1.807, 2.05) is 19.1 Å². The standard InChI is InChI=1S/C4H6BNO2P.C4H6NO.C3H5N.CH4.BO3P.2K/c5-9(7)8-4-2-1-3-6;1-5-3-2-4-6;1-2-3-4;;2-1(3)5-4;;/h1-2,4H2;2-4H2;2H2,1H3;1H4;;;/q2*-1;;;-2;2*+1. The van der Waals surface area contributed by atoms with E-state index in [2.05, 4.69) is 9.37 Å². The van der Waals surface area contributed by atoms with Crippen LogP contribution in [-0.4, -0.2) is 34.2 Å². The zero-order chi connectivity index (χ0) is 19.6. The zero-order valence-electron chi connectivity index (χ0n) is 15.3. The summed E-state index contributed by atoms with van der Waals surface area (Å²) in [4.78, 5) is 13.0. The smallest absolute Gasteiger partial charge is 0.884 e. The van der Waals surface area contributed by atoms with Crippen LogP contribution in [0.15, 0.2) is 0 Å². The molecule has 9 nitrogen and oxygen atoms in total. The molecule has 0 aromatic rings. The fourth-order valence-corrected chi connectivity index (χ4v) is 0.758. The van der Waals surface area contributed by atoms with E-state index >= 15 is 0 Å². The summed E-state index contributed by atoms with van der Waals surface area (Å²) >= 11 is 0. The maximum absolute atomic E-state index is 10.0. The summed E-state index contributed by atoms with van der Waals surface area (Å²) in [5, 5.41) is 43.2. The van der Waals surface area contributed by atoms with E-state index in [1.165, 1.54) is 0 Å². The normalized spacial score (nSPS) is 8.07. The van der Waals surface area contributed by atoms with Crippen LogP contribution < -0.4 is 123 Å². The molecule has 0 spiro atoms. The largest absolute Gasteiger partial charge is 1.00 e. The average Bonchev–Trinajstić information content (AvgIpc) is 2.58. The number of unbranched alkanes of at least 4 members (excludes halogenated alkanes) is 1. The van der Waals surface area contributed by atoms with E-state index in [9.17, 15) is 10.00 Å². The third kappa shape index (κ3) is 96.0. The van der Waals surface area contributed by atoms with Crippen LogP contribution in [0.4, 0.5) is 0 Å². The second-order valence-electron chi connectivity index (χ2n) is 3.24. The predicted octanol–water partition coefficient (Wildman–Crippen LogP) is -6.73. The third-order valence-corrected chi connectivity index (χ3v) is 1.92. The number of hydrogen-bond donors (Lipinski definition) is 0. The van der Waals surface area contributed by atoms with Crippen molar-refractivity contribution in [1.29, 1.82) is 10.5 Å². The molecule has 0 fully saturated rings. The number of hydrogen-bond acceptors (Lipinski definition) is 8. The molecular formula is C12H21B2K2N3O6P2-2. The van der Waals surface area contributed by atoms with Gasteiger partial charge in [-0.25, -0.2) is 6.57 Å². The van der Waals surface area contributed by atoms with Gasteiger partial charge in [0.15, 0.2) is 0 Å². The van der Waals surface area contributed by atoms with Crippen LogP contribution in [0.25, 0.3) is 4.85 Å². The Hall–Kier alpha value is 2.20. The van der Waals surface area contributed by atoms with Gasteiger partial charge in [-0.15, -0.1) is 14.9 Å². The molecule has 140 valence electrons. The van der Waals surface area contributed by atoms with Gasteiger partial charge < -0.3 is 29.4 Å². The molecule has 0 saturated heterocycles. The molecule has 0 aromatic heterocycles. The van der Waals surface area contributed by atoms with E-state index in [0.29, 0.717) is 38.8 Å². The third-order valence-electron chi connectivity index (χ3n) is 1.31. The van der Waals surface area contributed by atoms with E-state index < -0.39 is 23.4 Å². The first-order valence-electron chi connectivity index (χ1n) is 6.51. The van der Waals surface area contributed by atoms with Gasteiger partial charge >= 0.3 is 103 Å². The Kier molecular flexibility index (Phi) is 89.2. The molecule has 27 heavy (non-hydrogen) atoms. The van der Waals surface area contributed by atoms with Crippen molar-refractivity contribution in [2.45, 2.75) is 40.0 Å². The van der Waals surface area contributed by atoms with Gasteiger partial charge in [0.1, 0.15) is 7.57 Å². The van der Waals surface area contributed by atoms with Crippen LogP contribution in [0, 0.1) is 29.2 Å². The molecule has 2 radical (unpaired) electrons. The number of nitriles is 2. The maximum atomic E-state index is 10.0. The van der Waals surface area contributed by atoms with Crippen molar-refractivity contribution >= 4 is 31.0 Å². The Morgan fingerprint density at radius 2 is 1.74 bits per heavy atom. The summed E-state index contributed by atoms with van der Waals surface area (Å²) < 4.78 is 13.5. The van der Waals surface area contributed by atoms with Crippen molar-refractivity contribution in [2.75, 3.05) is 19.8 Å². The summed E-state index contributed by atoms with van der Waals surface area (Å²) in [6.45, 7) is 6.40. The van der Waals surface area contributed by atoms with Crippen molar-refractivity contribution in [3.05, 3.63) is 11.4 Å². The Labute approximate surface area is 252 Å². The van der Waals surface area contributed by atoms with Gasteiger partial charge in [-0.2, -0.15) is 10.5 Å². The van der Waals surface area contributed by atoms with Gasteiger partial charge in [0.2, 0.25) is 6.54 Å². The van der Waals surface area contributed by atoms with Gasteiger partial charge in [0.25, 0.3) is 0 Å². The zero-order valence-corrected chi connectivity index (χ0v) is 23.3. The van der Waals surface area contributed by atoms with Gasteiger partial charge in [0.05, 0.1) is 12.1 Å². The monoisotopic (exact) mass is 465 g/mol. The van der Waals surface area contributed by atoms with Gasteiger partial charge in [-0.05, 0) is 6.42 Å². The van der Waals surface area contributed by atoms with Crippen LogP contribution in [0.2, 0.25) is 0 Å². The van der Waals surface area contributed by atoms with Gasteiger partial charge in [-0.1, -0.05) is 14.4 Å². The predicted molar refractivity (Wildman–Crippen MR) is 90.4 cm³/mol. The fourth-order valence-electron chi connectivity index (χ4n) is 0.449. The second kappa shape index (κ2) is 51.1. The minimum atomic E-state index is -2.20. The molecule has 1 unspecified atom stereocenters. The molecule has 0 amide bonds. The number of rotatable bonds is 7. The van der Waals surface area contributed by atoms with Crippen LogP contribution in [0.5, 0.6) is 0 Å². The molecule has 1 atom stereocenters. The molecule has 0 heterocycles. The number of nitrogens with zero attached hydrogens (tertiary/aromatic N) is 3. The molecular weight excluding hydrogens is 444 g/mol. The van der Waals surface area contributed by atoms with E-state index in [1.54, 1.807) is 0 Å². The quantitative estimate of drug-likeness (QED) is 0.155. The molecule has 0 N–H and O–H groups in total. The molecule has 0 rings (SSSR count). The minimum absolute atomic E-state index is 0. The van der Waals surface area contributed by atoms with E-state index in [0.717, 1.165) is 0 Å². The van der Waals surface area contributed by atoms with Crippen LogP contribution >= 0.6 is 16.6 Å². The molecule has 15 heteroatoms. The second-order valence-corrected chi connectivity index (χ2v) is 4.71. The van der Waals surface area contributed by atoms with E-state index in [-0.39, 0.29) is 117 Å². The van der Waals surface area contributed by atoms with E-state index in [4.69, 9.17) is 39.3 Å². The molecule has 0 saturated carbocycles. The van der Waals surface area contributed by atoms with Crippen LogP contribution in [-0.2, 0) is 9.09 Å². The van der Waals surface area contributed by atoms with Gasteiger partial charge in [-0.3, -0.25) is 4.57 Å². The Morgan fingerprint density at radius 1 is 1.30 bits per heavy atom. The molecule has 0 aliphatic heterocycles. The molecule has 0 aliphatic rings. The van der Waals surface area contributed by atoms with Crippen molar-refractivity contribution in [3.8, 4) is 12.1 Å². The first-order valence-corrected chi connectivity index (χ1v) is 8.64. The average molecular weight is 465 g/mol.